The molecule has 1 unspecified atom stereocenters. The number of hydrogen-bond donors (Lipinski definition) is 3. The van der Waals surface area contributed by atoms with E-state index in [-0.39, 0.29) is 41.7 Å². The van der Waals surface area contributed by atoms with E-state index in [0.717, 1.165) is 12.1 Å². The number of nitrogens with one attached hydrogen (secondary N) is 1. The number of hydrogen-bond acceptors (Lipinski definition) is 7. The summed E-state index contributed by atoms with van der Waals surface area (Å²) in [6, 6.07) is 7.02. The second-order valence-electron chi connectivity index (χ2n) is 13.4. The number of benzene rings is 3. The standard InChI is InChI=1S/C39H38F7N3O6/c1-4-55-33(53)16-30(27-14-25(12-22(3)35(27)41)34-21(2)6-5-7-31(34)51)47-37(54)36(26-13-23(18-50)8-9-29(26)40)49-17-24(10-11-48-19-38(42,43)20-48)28(15-32(49)52)39(44,45)46/h5-9,12-15,17,30,36,50-51H,4,10-11,16,18-20H2,1-3H3,(H,47,54)/t30-,36?/m0/s1. The number of phenols is 1. The number of amides is 1. The highest BCUT2D eigenvalue weighted by molar-refractivity contribution is 5.85. The summed E-state index contributed by atoms with van der Waals surface area (Å²) in [7, 11) is 0. The van der Waals surface area contributed by atoms with Gasteiger partial charge in [0.05, 0.1) is 44.3 Å². The highest BCUT2D eigenvalue weighted by Gasteiger charge is 2.44. The van der Waals surface area contributed by atoms with E-state index < -0.39 is 102 Å². The lowest BCUT2D eigenvalue weighted by Gasteiger charge is -2.38. The van der Waals surface area contributed by atoms with E-state index in [2.05, 4.69) is 5.32 Å². The van der Waals surface area contributed by atoms with Crippen LogP contribution in [-0.4, -0.2) is 63.7 Å². The second-order valence-corrected chi connectivity index (χ2v) is 13.4. The molecule has 1 fully saturated rings. The van der Waals surface area contributed by atoms with Gasteiger partial charge in [-0.1, -0.05) is 18.2 Å². The minimum atomic E-state index is -5.08. The summed E-state index contributed by atoms with van der Waals surface area (Å²) in [6.45, 7) is 2.19. The average molecular weight is 778 g/mol. The number of halogens is 7. The number of nitrogens with zero attached hydrogens (tertiary/aromatic N) is 2. The van der Waals surface area contributed by atoms with Crippen LogP contribution in [0, 0.1) is 25.5 Å². The minimum absolute atomic E-state index is 0.0417. The Morgan fingerprint density at radius 1 is 1.00 bits per heavy atom. The van der Waals surface area contributed by atoms with E-state index in [1.54, 1.807) is 19.1 Å². The number of alkyl halides is 5. The number of likely N-dealkylation sites (tertiary alicyclic amines) is 1. The number of rotatable bonds is 13. The SMILES string of the molecule is CCOC(=O)C[C@H](NC(=O)C(c1cc(CO)ccc1F)n1cc(CCN2CC(F)(F)C2)c(C(F)(F)F)cc1=O)c1cc(-c2c(C)cccc2O)cc(C)c1F. The first-order chi connectivity index (χ1) is 25.8. The molecule has 55 heavy (non-hydrogen) atoms. The number of pyridine rings is 1. The number of carbonyl (C=O) groups is 2. The number of aromatic nitrogens is 1. The van der Waals surface area contributed by atoms with Crippen molar-refractivity contribution in [1.29, 1.82) is 0 Å². The van der Waals surface area contributed by atoms with Gasteiger partial charge in [-0.15, -0.1) is 0 Å². The maximum atomic E-state index is 16.1. The maximum Gasteiger partial charge on any atom is 0.416 e. The van der Waals surface area contributed by atoms with Gasteiger partial charge in [0.1, 0.15) is 23.4 Å². The molecule has 1 aliphatic rings. The lowest BCUT2D eigenvalue weighted by atomic mass is 9.92. The molecule has 0 bridgehead atoms. The Bertz CT molecular complexity index is 2130. The molecule has 1 saturated heterocycles. The monoisotopic (exact) mass is 777 g/mol. The van der Waals surface area contributed by atoms with Crippen molar-refractivity contribution in [2.24, 2.45) is 0 Å². The first-order valence-electron chi connectivity index (χ1n) is 17.2. The van der Waals surface area contributed by atoms with E-state index in [4.69, 9.17) is 4.74 Å². The molecule has 0 spiro atoms. The van der Waals surface area contributed by atoms with E-state index in [1.165, 1.54) is 43.0 Å². The van der Waals surface area contributed by atoms with Crippen LogP contribution in [-0.2, 0) is 33.5 Å². The first-order valence-corrected chi connectivity index (χ1v) is 17.2. The number of aliphatic hydroxyl groups is 1. The average Bonchev–Trinajstić information content (AvgIpc) is 3.08. The molecule has 1 amide bonds. The number of phenolic OH excluding ortho intramolecular Hbond substituents is 1. The summed E-state index contributed by atoms with van der Waals surface area (Å²) in [5, 5.41) is 23.0. The van der Waals surface area contributed by atoms with Crippen LogP contribution < -0.4 is 10.9 Å². The fourth-order valence-electron chi connectivity index (χ4n) is 6.72. The van der Waals surface area contributed by atoms with Gasteiger partial charge in [0.15, 0.2) is 0 Å². The topological polar surface area (TPSA) is 121 Å². The zero-order chi connectivity index (χ0) is 40.4. The molecule has 16 heteroatoms. The number of ether oxygens (including phenoxy) is 1. The second kappa shape index (κ2) is 16.3. The summed E-state index contributed by atoms with van der Waals surface area (Å²) >= 11 is 0. The number of esters is 1. The zero-order valence-electron chi connectivity index (χ0n) is 29.9. The van der Waals surface area contributed by atoms with Crippen LogP contribution >= 0.6 is 0 Å². The Labute approximate surface area is 311 Å². The molecular weight excluding hydrogens is 739 g/mol. The summed E-state index contributed by atoms with van der Waals surface area (Å²) in [5.74, 6) is -7.30. The lowest BCUT2D eigenvalue weighted by molar-refractivity contribution is -0.144. The van der Waals surface area contributed by atoms with Gasteiger partial charge in [-0.2, -0.15) is 13.2 Å². The number of carbonyl (C=O) groups excluding carboxylic acids is 2. The molecule has 5 rings (SSSR count). The van der Waals surface area contributed by atoms with Crippen LogP contribution in [0.25, 0.3) is 11.1 Å². The molecular formula is C39H38F7N3O6. The van der Waals surface area contributed by atoms with E-state index in [1.807, 2.05) is 0 Å². The van der Waals surface area contributed by atoms with Crippen molar-refractivity contribution in [3.63, 3.8) is 0 Å². The molecule has 294 valence electrons. The van der Waals surface area contributed by atoms with Gasteiger partial charge >= 0.3 is 12.1 Å². The van der Waals surface area contributed by atoms with Crippen molar-refractivity contribution in [3.8, 4) is 16.9 Å². The fraction of sp³-hybridized carbons (Fsp3) is 0.359. The van der Waals surface area contributed by atoms with Crippen LogP contribution in [0.5, 0.6) is 5.75 Å². The van der Waals surface area contributed by atoms with E-state index in [9.17, 15) is 46.5 Å². The number of aliphatic hydroxyl groups excluding tert-OH is 1. The number of aryl methyl sites for hydroxylation is 2. The third kappa shape index (κ3) is 9.19. The predicted molar refractivity (Wildman–Crippen MR) is 186 cm³/mol. The molecule has 9 nitrogen and oxygen atoms in total. The number of aromatic hydroxyl groups is 1. The zero-order valence-corrected chi connectivity index (χ0v) is 29.9. The van der Waals surface area contributed by atoms with Gasteiger partial charge in [-0.25, -0.2) is 17.6 Å². The molecule has 0 radical (unpaired) electrons. The van der Waals surface area contributed by atoms with Gasteiger partial charge in [-0.05, 0) is 85.3 Å². The predicted octanol–water partition coefficient (Wildman–Crippen LogP) is 6.52. The third-order valence-electron chi connectivity index (χ3n) is 9.33. The van der Waals surface area contributed by atoms with Gasteiger partial charge in [0.25, 0.3) is 11.5 Å². The summed E-state index contributed by atoms with van der Waals surface area (Å²) in [4.78, 5) is 42.1. The first kappa shape index (κ1) is 41.0. The largest absolute Gasteiger partial charge is 0.507 e. The van der Waals surface area contributed by atoms with Gasteiger partial charge in [-0.3, -0.25) is 23.9 Å². The smallest absolute Gasteiger partial charge is 0.416 e. The van der Waals surface area contributed by atoms with Crippen molar-refractivity contribution >= 4 is 11.9 Å². The summed E-state index contributed by atoms with van der Waals surface area (Å²) in [6.07, 6.45) is -5.57. The quantitative estimate of drug-likeness (QED) is 0.105. The van der Waals surface area contributed by atoms with Crippen LogP contribution in [0.1, 0.15) is 64.4 Å². The summed E-state index contributed by atoms with van der Waals surface area (Å²) < 4.78 is 107. The Morgan fingerprint density at radius 2 is 1.71 bits per heavy atom. The molecule has 1 aliphatic heterocycles. The van der Waals surface area contributed by atoms with Crippen molar-refractivity contribution in [2.75, 3.05) is 26.2 Å². The normalized spacial score (nSPS) is 15.3. The highest BCUT2D eigenvalue weighted by Crippen LogP contribution is 2.37. The minimum Gasteiger partial charge on any atom is -0.507 e. The van der Waals surface area contributed by atoms with Gasteiger partial charge < -0.3 is 20.3 Å². The van der Waals surface area contributed by atoms with Crippen molar-refractivity contribution in [1.82, 2.24) is 14.8 Å². The highest BCUT2D eigenvalue weighted by atomic mass is 19.4. The molecule has 4 aromatic rings. The molecule has 0 saturated carbocycles. The molecule has 2 heterocycles. The van der Waals surface area contributed by atoms with E-state index >= 15 is 8.78 Å². The Morgan fingerprint density at radius 3 is 2.33 bits per heavy atom. The lowest BCUT2D eigenvalue weighted by Crippen LogP contribution is -2.56. The van der Waals surface area contributed by atoms with E-state index in [0.29, 0.717) is 27.5 Å². The van der Waals surface area contributed by atoms with Crippen LogP contribution in [0.2, 0.25) is 0 Å². The van der Waals surface area contributed by atoms with Crippen molar-refractivity contribution < 1.29 is 55.3 Å². The van der Waals surface area contributed by atoms with Crippen LogP contribution in [0.3, 0.4) is 0 Å². The Balaban J connectivity index is 1.66. The Hall–Kier alpha value is -5.22. The molecule has 2 atom stereocenters. The molecule has 3 aromatic carbocycles. The van der Waals surface area contributed by atoms with Crippen molar-refractivity contribution in [2.45, 2.75) is 64.4 Å². The van der Waals surface area contributed by atoms with Gasteiger partial charge in [0, 0.05) is 35.5 Å². The summed E-state index contributed by atoms with van der Waals surface area (Å²) in [5.41, 5.74) is -2.87. The van der Waals surface area contributed by atoms with Crippen molar-refractivity contribution in [3.05, 3.63) is 122 Å². The third-order valence-corrected chi connectivity index (χ3v) is 9.33. The molecule has 3 N–H and O–H groups in total. The van der Waals surface area contributed by atoms with Crippen LogP contribution in [0.4, 0.5) is 30.7 Å². The Kier molecular flexibility index (Phi) is 12.1. The molecule has 1 aromatic heterocycles. The molecule has 0 aliphatic carbocycles. The van der Waals surface area contributed by atoms with Crippen LogP contribution in [0.15, 0.2) is 65.6 Å². The maximum absolute atomic E-state index is 16.1. The fourth-order valence-corrected chi connectivity index (χ4v) is 6.72. The van der Waals surface area contributed by atoms with Gasteiger partial charge in [0.2, 0.25) is 5.91 Å².